The van der Waals surface area contributed by atoms with Gasteiger partial charge in [0.15, 0.2) is 0 Å². The zero-order valence-corrected chi connectivity index (χ0v) is 15.4. The Labute approximate surface area is 146 Å². The van der Waals surface area contributed by atoms with Crippen LogP contribution in [0.3, 0.4) is 0 Å². The van der Waals surface area contributed by atoms with Crippen molar-refractivity contribution in [3.63, 3.8) is 0 Å². The predicted octanol–water partition coefficient (Wildman–Crippen LogP) is 5.23. The van der Waals surface area contributed by atoms with Crippen LogP contribution in [0.1, 0.15) is 63.7 Å². The standard InChI is InChI=1S/C21H30N2O/c1-17(2)8-5-9-18(3)10-6-11-19(4)13-15-23-21(24)20-12-7-14-22-16-20/h7-8,10,12-14,16H,5-6,9,11,15H2,1-4H3,(H,23,24). The summed E-state index contributed by atoms with van der Waals surface area (Å²) in [6.45, 7) is 9.15. The Balaban J connectivity index is 2.27. The molecule has 1 aromatic rings. The van der Waals surface area contributed by atoms with Gasteiger partial charge in [0.05, 0.1) is 5.56 Å². The number of carbonyl (C=O) groups is 1. The van der Waals surface area contributed by atoms with Gasteiger partial charge in [0, 0.05) is 18.9 Å². The monoisotopic (exact) mass is 326 g/mol. The van der Waals surface area contributed by atoms with E-state index in [1.165, 1.54) is 16.7 Å². The summed E-state index contributed by atoms with van der Waals surface area (Å²) in [6.07, 6.45) is 14.3. The van der Waals surface area contributed by atoms with Gasteiger partial charge in [0.1, 0.15) is 0 Å². The van der Waals surface area contributed by atoms with E-state index < -0.39 is 0 Å². The molecule has 0 atom stereocenters. The summed E-state index contributed by atoms with van der Waals surface area (Å²) in [4.78, 5) is 15.8. The van der Waals surface area contributed by atoms with Crippen molar-refractivity contribution in [3.05, 3.63) is 65.0 Å². The number of aromatic nitrogens is 1. The molecule has 0 fully saturated rings. The van der Waals surface area contributed by atoms with Crippen LogP contribution in [0.15, 0.2) is 59.5 Å². The fourth-order valence-corrected chi connectivity index (χ4v) is 2.26. The van der Waals surface area contributed by atoms with Gasteiger partial charge in [0.2, 0.25) is 0 Å². The molecule has 0 radical (unpaired) electrons. The number of nitrogens with zero attached hydrogens (tertiary/aromatic N) is 1. The molecule has 1 amide bonds. The van der Waals surface area contributed by atoms with Crippen LogP contribution < -0.4 is 5.32 Å². The minimum atomic E-state index is -0.0813. The number of allylic oxidation sites excluding steroid dienone is 5. The molecule has 1 aromatic heterocycles. The molecular formula is C21H30N2O. The average molecular weight is 326 g/mol. The van der Waals surface area contributed by atoms with E-state index in [2.05, 4.69) is 56.2 Å². The van der Waals surface area contributed by atoms with Gasteiger partial charge >= 0.3 is 0 Å². The number of rotatable bonds is 9. The van der Waals surface area contributed by atoms with Gasteiger partial charge in [0.25, 0.3) is 5.91 Å². The molecule has 0 aliphatic rings. The van der Waals surface area contributed by atoms with Gasteiger partial charge in [-0.25, -0.2) is 0 Å². The maximum atomic E-state index is 11.9. The molecule has 1 N–H and O–H groups in total. The molecular weight excluding hydrogens is 296 g/mol. The Morgan fingerprint density at radius 3 is 2.33 bits per heavy atom. The van der Waals surface area contributed by atoms with Crippen LogP contribution in [0, 0.1) is 0 Å². The molecule has 0 unspecified atom stereocenters. The number of pyridine rings is 1. The fourth-order valence-electron chi connectivity index (χ4n) is 2.26. The number of hydrogen-bond donors (Lipinski definition) is 1. The van der Waals surface area contributed by atoms with Gasteiger partial charge in [-0.15, -0.1) is 0 Å². The summed E-state index contributed by atoms with van der Waals surface area (Å²) in [5.74, 6) is -0.0813. The van der Waals surface area contributed by atoms with Crippen molar-refractivity contribution in [2.24, 2.45) is 0 Å². The molecule has 130 valence electrons. The SMILES string of the molecule is CC(C)=CCCC(C)=CCCC(C)=CCNC(=O)c1cccnc1. The largest absolute Gasteiger partial charge is 0.349 e. The third-order valence-corrected chi connectivity index (χ3v) is 3.76. The highest BCUT2D eigenvalue weighted by Crippen LogP contribution is 2.11. The smallest absolute Gasteiger partial charge is 0.253 e. The van der Waals surface area contributed by atoms with E-state index in [9.17, 15) is 4.79 Å². The highest BCUT2D eigenvalue weighted by Gasteiger charge is 2.02. The average Bonchev–Trinajstić information content (AvgIpc) is 2.55. The second-order valence-electron chi connectivity index (χ2n) is 6.41. The first-order chi connectivity index (χ1) is 11.5. The summed E-state index contributed by atoms with van der Waals surface area (Å²) in [5.41, 5.74) is 4.73. The minimum absolute atomic E-state index is 0.0813. The molecule has 3 nitrogen and oxygen atoms in total. The molecule has 1 heterocycles. The molecule has 0 aliphatic heterocycles. The zero-order chi connectivity index (χ0) is 17.8. The van der Waals surface area contributed by atoms with Crippen molar-refractivity contribution in [1.29, 1.82) is 0 Å². The first-order valence-electron chi connectivity index (χ1n) is 8.62. The molecule has 0 aliphatic carbocycles. The summed E-state index contributed by atoms with van der Waals surface area (Å²) >= 11 is 0. The van der Waals surface area contributed by atoms with E-state index in [1.54, 1.807) is 24.5 Å². The molecule has 1 rings (SSSR count). The van der Waals surface area contributed by atoms with Crippen LogP contribution in [0.4, 0.5) is 0 Å². The highest BCUT2D eigenvalue weighted by atomic mass is 16.1. The minimum Gasteiger partial charge on any atom is -0.349 e. The van der Waals surface area contributed by atoms with Gasteiger partial charge in [-0.3, -0.25) is 9.78 Å². The molecule has 24 heavy (non-hydrogen) atoms. The maximum Gasteiger partial charge on any atom is 0.253 e. The van der Waals surface area contributed by atoms with Gasteiger partial charge < -0.3 is 5.32 Å². The summed E-state index contributed by atoms with van der Waals surface area (Å²) in [5, 5.41) is 2.89. The molecule has 0 bridgehead atoms. The zero-order valence-electron chi connectivity index (χ0n) is 15.4. The normalized spacial score (nSPS) is 12.0. The van der Waals surface area contributed by atoms with Gasteiger partial charge in [-0.2, -0.15) is 0 Å². The van der Waals surface area contributed by atoms with Crippen molar-refractivity contribution in [2.75, 3.05) is 6.54 Å². The van der Waals surface area contributed by atoms with E-state index in [0.717, 1.165) is 25.7 Å². The Morgan fingerprint density at radius 2 is 1.71 bits per heavy atom. The van der Waals surface area contributed by atoms with E-state index in [0.29, 0.717) is 12.1 Å². The highest BCUT2D eigenvalue weighted by molar-refractivity contribution is 5.93. The molecule has 0 aromatic carbocycles. The molecule has 0 spiro atoms. The van der Waals surface area contributed by atoms with Crippen LogP contribution in [-0.4, -0.2) is 17.4 Å². The van der Waals surface area contributed by atoms with Crippen molar-refractivity contribution < 1.29 is 4.79 Å². The Kier molecular flexibility index (Phi) is 9.44. The third kappa shape index (κ3) is 9.09. The summed E-state index contributed by atoms with van der Waals surface area (Å²) in [6, 6.07) is 3.53. The number of hydrogen-bond acceptors (Lipinski definition) is 2. The maximum absolute atomic E-state index is 11.9. The second kappa shape index (κ2) is 11.4. The Morgan fingerprint density at radius 1 is 1.04 bits per heavy atom. The summed E-state index contributed by atoms with van der Waals surface area (Å²) in [7, 11) is 0. The number of nitrogens with one attached hydrogen (secondary N) is 1. The van der Waals surface area contributed by atoms with Crippen molar-refractivity contribution in [3.8, 4) is 0 Å². The van der Waals surface area contributed by atoms with Crippen LogP contribution >= 0.6 is 0 Å². The molecule has 3 heteroatoms. The predicted molar refractivity (Wildman–Crippen MR) is 102 cm³/mol. The van der Waals surface area contributed by atoms with E-state index in [4.69, 9.17) is 0 Å². The lowest BCUT2D eigenvalue weighted by Gasteiger charge is -2.04. The number of carbonyl (C=O) groups excluding carboxylic acids is 1. The quantitative estimate of drug-likeness (QED) is 0.631. The van der Waals surface area contributed by atoms with E-state index in [1.807, 2.05) is 0 Å². The molecule has 0 saturated carbocycles. The van der Waals surface area contributed by atoms with Crippen LogP contribution in [0.5, 0.6) is 0 Å². The van der Waals surface area contributed by atoms with Crippen molar-refractivity contribution >= 4 is 5.91 Å². The first kappa shape index (κ1) is 19.9. The lowest BCUT2D eigenvalue weighted by Crippen LogP contribution is -2.23. The Hall–Kier alpha value is -2.16. The van der Waals surface area contributed by atoms with Crippen molar-refractivity contribution in [2.45, 2.75) is 53.4 Å². The van der Waals surface area contributed by atoms with Gasteiger partial charge in [-0.05, 0) is 65.5 Å². The Bertz CT molecular complexity index is 594. The first-order valence-corrected chi connectivity index (χ1v) is 8.62. The van der Waals surface area contributed by atoms with Crippen molar-refractivity contribution in [1.82, 2.24) is 10.3 Å². The number of amides is 1. The fraction of sp³-hybridized carbons (Fsp3) is 0.429. The third-order valence-electron chi connectivity index (χ3n) is 3.76. The van der Waals surface area contributed by atoms with E-state index in [-0.39, 0.29) is 5.91 Å². The molecule has 0 saturated heterocycles. The lowest BCUT2D eigenvalue weighted by atomic mass is 10.1. The lowest BCUT2D eigenvalue weighted by molar-refractivity contribution is 0.0957. The van der Waals surface area contributed by atoms with E-state index >= 15 is 0 Å². The van der Waals surface area contributed by atoms with Crippen LogP contribution in [0.25, 0.3) is 0 Å². The second-order valence-corrected chi connectivity index (χ2v) is 6.41. The van der Waals surface area contributed by atoms with Gasteiger partial charge in [-0.1, -0.05) is 34.9 Å². The topological polar surface area (TPSA) is 42.0 Å². The van der Waals surface area contributed by atoms with Crippen LogP contribution in [-0.2, 0) is 0 Å². The van der Waals surface area contributed by atoms with Crippen LogP contribution in [0.2, 0.25) is 0 Å². The summed E-state index contributed by atoms with van der Waals surface area (Å²) < 4.78 is 0.